The second-order valence-electron chi connectivity index (χ2n) is 4.57. The van der Waals surface area contributed by atoms with Gasteiger partial charge in [-0.05, 0) is 25.8 Å². The Hall–Kier alpha value is -0.750. The van der Waals surface area contributed by atoms with Crippen LogP contribution in [0.15, 0.2) is 24.8 Å². The summed E-state index contributed by atoms with van der Waals surface area (Å²) in [4.78, 5) is 0. The summed E-state index contributed by atoms with van der Waals surface area (Å²) < 4.78 is 25.0. The zero-order valence-corrected chi connectivity index (χ0v) is 12.3. The number of aliphatic hydroxyl groups excluding tert-OH is 2. The summed E-state index contributed by atoms with van der Waals surface area (Å²) in [6, 6.07) is 0. The first-order chi connectivity index (χ1) is 9.64. The Morgan fingerprint density at radius 3 is 2.50 bits per heavy atom. The van der Waals surface area contributed by atoms with Crippen LogP contribution in [0.1, 0.15) is 32.6 Å². The normalized spacial score (nSPS) is 16.2. The van der Waals surface area contributed by atoms with Crippen LogP contribution >= 0.6 is 0 Å². The maximum atomic E-state index is 14.7. The van der Waals surface area contributed by atoms with Gasteiger partial charge in [0.05, 0.1) is 6.61 Å². The molecule has 0 aliphatic heterocycles. The number of unbranched alkanes of at least 4 members (excludes halogenated alkanes) is 3. The van der Waals surface area contributed by atoms with Crippen LogP contribution in [-0.2, 0) is 9.47 Å². The van der Waals surface area contributed by atoms with Crippen LogP contribution in [0.5, 0.6) is 0 Å². The highest BCUT2D eigenvalue weighted by molar-refractivity contribution is 5.10. The zero-order valence-electron chi connectivity index (χ0n) is 12.3. The van der Waals surface area contributed by atoms with Crippen molar-refractivity contribution in [1.82, 2.24) is 0 Å². The lowest BCUT2D eigenvalue weighted by molar-refractivity contribution is -0.0864. The van der Waals surface area contributed by atoms with E-state index in [4.69, 9.17) is 19.7 Å². The number of hydrogen-bond donors (Lipinski definition) is 2. The van der Waals surface area contributed by atoms with Crippen molar-refractivity contribution in [1.29, 1.82) is 0 Å². The summed E-state index contributed by atoms with van der Waals surface area (Å²) in [5.41, 5.74) is -1.83. The predicted octanol–water partition coefficient (Wildman–Crippen LogP) is 2.36. The van der Waals surface area contributed by atoms with Crippen LogP contribution in [0.3, 0.4) is 0 Å². The molecule has 0 radical (unpaired) electrons. The molecule has 0 saturated heterocycles. The van der Waals surface area contributed by atoms with Gasteiger partial charge in [0.2, 0.25) is 0 Å². The van der Waals surface area contributed by atoms with E-state index in [0.717, 1.165) is 25.7 Å². The van der Waals surface area contributed by atoms with Gasteiger partial charge in [-0.25, -0.2) is 4.39 Å². The molecular formula is C15H27FO4. The molecule has 2 atom stereocenters. The monoisotopic (exact) mass is 290 g/mol. The van der Waals surface area contributed by atoms with Crippen LogP contribution in [-0.4, -0.2) is 48.6 Å². The van der Waals surface area contributed by atoms with Gasteiger partial charge in [-0.2, -0.15) is 0 Å². The molecule has 0 aromatic heterocycles. The molecule has 0 aliphatic carbocycles. The minimum Gasteiger partial charge on any atom is -0.396 e. The number of rotatable bonds is 13. The Balaban J connectivity index is 4.26. The minimum atomic E-state index is -1.83. The van der Waals surface area contributed by atoms with Crippen molar-refractivity contribution in [3.8, 4) is 0 Å². The molecular weight excluding hydrogens is 263 g/mol. The second-order valence-corrected chi connectivity index (χ2v) is 4.57. The second kappa shape index (κ2) is 12.0. The highest BCUT2D eigenvalue weighted by Crippen LogP contribution is 2.23. The van der Waals surface area contributed by atoms with E-state index in [0.29, 0.717) is 6.61 Å². The van der Waals surface area contributed by atoms with Crippen molar-refractivity contribution in [2.24, 2.45) is 0 Å². The van der Waals surface area contributed by atoms with Crippen molar-refractivity contribution < 1.29 is 24.1 Å². The summed E-state index contributed by atoms with van der Waals surface area (Å²) in [7, 11) is 0. The quantitative estimate of drug-likeness (QED) is 0.310. The maximum absolute atomic E-state index is 14.7. The molecule has 0 aromatic carbocycles. The van der Waals surface area contributed by atoms with E-state index in [2.05, 4.69) is 6.58 Å². The third kappa shape index (κ3) is 7.75. The number of hydrogen-bond acceptors (Lipinski definition) is 4. The van der Waals surface area contributed by atoms with E-state index in [1.165, 1.54) is 12.2 Å². The number of ether oxygens (including phenoxy) is 2. The third-order valence-corrected chi connectivity index (χ3v) is 2.90. The van der Waals surface area contributed by atoms with Crippen molar-refractivity contribution >= 4 is 0 Å². The molecule has 5 heteroatoms. The molecule has 0 heterocycles. The summed E-state index contributed by atoms with van der Waals surface area (Å²) in [6.45, 7) is 5.11. The Morgan fingerprint density at radius 1 is 1.25 bits per heavy atom. The van der Waals surface area contributed by atoms with Crippen LogP contribution in [0, 0.1) is 0 Å². The molecule has 0 fully saturated rings. The molecule has 2 N–H and O–H groups in total. The Labute approximate surface area is 120 Å². The summed E-state index contributed by atoms with van der Waals surface area (Å²) in [6.07, 6.45) is 6.99. The molecule has 0 spiro atoms. The number of alkyl halides is 1. The molecule has 0 saturated carbocycles. The third-order valence-electron chi connectivity index (χ3n) is 2.90. The van der Waals surface area contributed by atoms with Gasteiger partial charge in [0.25, 0.3) is 0 Å². The molecule has 0 bridgehead atoms. The molecule has 0 amide bonds. The van der Waals surface area contributed by atoms with Gasteiger partial charge in [-0.1, -0.05) is 25.0 Å². The van der Waals surface area contributed by atoms with E-state index in [9.17, 15) is 4.39 Å². The molecule has 20 heavy (non-hydrogen) atoms. The Kier molecular flexibility index (Phi) is 11.6. The lowest BCUT2D eigenvalue weighted by Crippen LogP contribution is -2.41. The highest BCUT2D eigenvalue weighted by Gasteiger charge is 2.36. The average Bonchev–Trinajstić information content (AvgIpc) is 2.44. The van der Waals surface area contributed by atoms with Crippen molar-refractivity contribution in [2.45, 2.75) is 44.4 Å². The fraction of sp³-hybridized carbons (Fsp3) is 0.733. The molecule has 2 unspecified atom stereocenters. The molecule has 0 rings (SSSR count). The van der Waals surface area contributed by atoms with E-state index in [-0.39, 0.29) is 13.2 Å². The van der Waals surface area contributed by atoms with E-state index in [1.54, 1.807) is 13.0 Å². The lowest BCUT2D eigenvalue weighted by atomic mass is 9.99. The standard InChI is InChI=1S/C15H27FO4/c1-3-9-15(16,12-19-13-18)14(4-2)20-11-8-6-5-7-10-17/h3-4,9,14,17-18H,2,5-8,10-13H2,1H3. The van der Waals surface area contributed by atoms with Gasteiger partial charge in [-0.3, -0.25) is 0 Å². The maximum Gasteiger partial charge on any atom is 0.181 e. The van der Waals surface area contributed by atoms with Crippen molar-refractivity contribution in [3.05, 3.63) is 24.8 Å². The Bertz CT molecular complexity index is 271. The molecule has 118 valence electrons. The molecule has 0 aromatic rings. The lowest BCUT2D eigenvalue weighted by Gasteiger charge is -2.28. The summed E-state index contributed by atoms with van der Waals surface area (Å²) >= 11 is 0. The van der Waals surface area contributed by atoms with Gasteiger partial charge >= 0.3 is 0 Å². The van der Waals surface area contributed by atoms with Gasteiger partial charge in [0.15, 0.2) is 5.67 Å². The SMILES string of the molecule is C=CC(OCCCCCCO)C(F)(C=CC)COCO. The fourth-order valence-corrected chi connectivity index (χ4v) is 1.88. The first-order valence-electron chi connectivity index (χ1n) is 7.01. The van der Waals surface area contributed by atoms with Crippen LogP contribution < -0.4 is 0 Å². The first-order valence-corrected chi connectivity index (χ1v) is 7.01. The van der Waals surface area contributed by atoms with Crippen LogP contribution in [0.25, 0.3) is 0 Å². The fourth-order valence-electron chi connectivity index (χ4n) is 1.88. The highest BCUT2D eigenvalue weighted by atomic mass is 19.1. The van der Waals surface area contributed by atoms with Gasteiger partial charge < -0.3 is 19.7 Å². The predicted molar refractivity (Wildman–Crippen MR) is 77.2 cm³/mol. The van der Waals surface area contributed by atoms with E-state index >= 15 is 0 Å². The average molecular weight is 290 g/mol. The van der Waals surface area contributed by atoms with Crippen molar-refractivity contribution in [2.75, 3.05) is 26.6 Å². The molecule has 4 nitrogen and oxygen atoms in total. The number of aliphatic hydroxyl groups is 2. The van der Waals surface area contributed by atoms with Crippen molar-refractivity contribution in [3.63, 3.8) is 0 Å². The van der Waals surface area contributed by atoms with Gasteiger partial charge in [-0.15, -0.1) is 6.58 Å². The van der Waals surface area contributed by atoms with Gasteiger partial charge in [0, 0.05) is 13.2 Å². The van der Waals surface area contributed by atoms with E-state index in [1.807, 2.05) is 0 Å². The van der Waals surface area contributed by atoms with Crippen LogP contribution in [0.2, 0.25) is 0 Å². The van der Waals surface area contributed by atoms with Gasteiger partial charge in [0.1, 0.15) is 12.9 Å². The number of halogens is 1. The summed E-state index contributed by atoms with van der Waals surface area (Å²) in [5.74, 6) is 0. The Morgan fingerprint density at radius 2 is 1.95 bits per heavy atom. The zero-order chi connectivity index (χ0) is 15.3. The number of allylic oxidation sites excluding steroid dienone is 1. The smallest absolute Gasteiger partial charge is 0.181 e. The largest absolute Gasteiger partial charge is 0.396 e. The molecule has 0 aliphatic rings. The summed E-state index contributed by atoms with van der Waals surface area (Å²) in [5, 5.41) is 17.3. The minimum absolute atomic E-state index is 0.198. The van der Waals surface area contributed by atoms with E-state index < -0.39 is 18.6 Å². The topological polar surface area (TPSA) is 58.9 Å². The first kappa shape index (κ1) is 19.2. The van der Waals surface area contributed by atoms with Crippen LogP contribution in [0.4, 0.5) is 4.39 Å².